The van der Waals surface area contributed by atoms with Gasteiger partial charge in [-0.3, -0.25) is 5.32 Å². The van der Waals surface area contributed by atoms with Crippen LogP contribution in [0.3, 0.4) is 0 Å². The minimum atomic E-state index is -4.36. The number of hydrogen-bond donors (Lipinski definition) is 1. The Morgan fingerprint density at radius 3 is 2.64 bits per heavy atom. The number of carbonyl (C=O) groups is 1. The SMILES string of the molecule is CCN(CCC(F)(F)F)C(=O)Nc1ccc(Oc2cc(C#N)ccc2F)cn1. The molecular formula is C18H16F4N4O2. The number of hydrogen-bond acceptors (Lipinski definition) is 4. The van der Waals surface area contributed by atoms with E-state index in [1.54, 1.807) is 6.92 Å². The van der Waals surface area contributed by atoms with Crippen molar-refractivity contribution in [1.82, 2.24) is 9.88 Å². The molecule has 2 aromatic rings. The Morgan fingerprint density at radius 2 is 2.07 bits per heavy atom. The van der Waals surface area contributed by atoms with Crippen molar-refractivity contribution in [2.45, 2.75) is 19.5 Å². The number of carbonyl (C=O) groups excluding carboxylic acids is 1. The van der Waals surface area contributed by atoms with Crippen LogP contribution in [0.2, 0.25) is 0 Å². The van der Waals surface area contributed by atoms with E-state index in [1.165, 1.54) is 30.5 Å². The quantitative estimate of drug-likeness (QED) is 0.719. The second kappa shape index (κ2) is 9.03. The van der Waals surface area contributed by atoms with Crippen LogP contribution in [0.1, 0.15) is 18.9 Å². The van der Waals surface area contributed by atoms with Gasteiger partial charge >= 0.3 is 12.2 Å². The summed E-state index contributed by atoms with van der Waals surface area (Å²) in [6, 6.07) is 7.52. The predicted molar refractivity (Wildman–Crippen MR) is 92.4 cm³/mol. The van der Waals surface area contributed by atoms with E-state index in [-0.39, 0.29) is 29.4 Å². The normalized spacial score (nSPS) is 10.9. The third-order valence-electron chi connectivity index (χ3n) is 3.59. The lowest BCUT2D eigenvalue weighted by molar-refractivity contribution is -0.136. The molecule has 1 aromatic carbocycles. The van der Waals surface area contributed by atoms with Gasteiger partial charge in [0.15, 0.2) is 11.6 Å². The average Bonchev–Trinajstić information content (AvgIpc) is 2.64. The van der Waals surface area contributed by atoms with Crippen molar-refractivity contribution in [1.29, 1.82) is 5.26 Å². The van der Waals surface area contributed by atoms with Crippen molar-refractivity contribution in [3.8, 4) is 17.6 Å². The number of aromatic nitrogens is 1. The number of nitriles is 1. The first-order valence-electron chi connectivity index (χ1n) is 8.18. The van der Waals surface area contributed by atoms with Crippen molar-refractivity contribution in [3.05, 3.63) is 47.9 Å². The highest BCUT2D eigenvalue weighted by molar-refractivity contribution is 5.88. The third kappa shape index (κ3) is 6.12. The monoisotopic (exact) mass is 396 g/mol. The number of pyridine rings is 1. The highest BCUT2D eigenvalue weighted by Crippen LogP contribution is 2.25. The van der Waals surface area contributed by atoms with Crippen molar-refractivity contribution < 1.29 is 27.1 Å². The highest BCUT2D eigenvalue weighted by Gasteiger charge is 2.28. The fourth-order valence-corrected chi connectivity index (χ4v) is 2.15. The lowest BCUT2D eigenvalue weighted by Gasteiger charge is -2.21. The first-order chi connectivity index (χ1) is 13.2. The number of benzene rings is 1. The molecule has 0 aliphatic heterocycles. The summed E-state index contributed by atoms with van der Waals surface area (Å²) >= 11 is 0. The second-order valence-corrected chi connectivity index (χ2v) is 5.61. The minimum absolute atomic E-state index is 0.0917. The molecule has 0 atom stereocenters. The van der Waals surface area contributed by atoms with Gasteiger partial charge in [-0.25, -0.2) is 14.2 Å². The molecule has 0 fully saturated rings. The zero-order chi connectivity index (χ0) is 20.7. The van der Waals surface area contributed by atoms with Crippen LogP contribution in [0, 0.1) is 17.1 Å². The standard InChI is InChI=1S/C18H16F4N4O2/c1-2-26(8-7-18(20,21)22)17(27)25-16-6-4-13(11-24-16)28-15-9-12(10-23)3-5-14(15)19/h3-6,9,11H,2,7-8H2,1H3,(H,24,25,27). The number of alkyl halides is 3. The van der Waals surface area contributed by atoms with Gasteiger partial charge in [0, 0.05) is 19.2 Å². The molecule has 0 aliphatic rings. The molecule has 0 bridgehead atoms. The Bertz CT molecular complexity index is 863. The largest absolute Gasteiger partial charge is 0.453 e. The molecule has 28 heavy (non-hydrogen) atoms. The van der Waals surface area contributed by atoms with E-state index >= 15 is 0 Å². The van der Waals surface area contributed by atoms with Crippen LogP contribution in [0.25, 0.3) is 0 Å². The third-order valence-corrected chi connectivity index (χ3v) is 3.59. The van der Waals surface area contributed by atoms with Gasteiger partial charge in [-0.15, -0.1) is 0 Å². The molecule has 10 heteroatoms. The van der Waals surface area contributed by atoms with Crippen LogP contribution in [0.15, 0.2) is 36.5 Å². The maximum atomic E-state index is 13.7. The molecule has 0 unspecified atom stereocenters. The van der Waals surface area contributed by atoms with Gasteiger partial charge in [0.05, 0.1) is 24.3 Å². The molecule has 1 heterocycles. The summed E-state index contributed by atoms with van der Waals surface area (Å²) in [5, 5.41) is 11.2. The topological polar surface area (TPSA) is 78.3 Å². The van der Waals surface area contributed by atoms with Crippen LogP contribution in [-0.4, -0.2) is 35.2 Å². The number of anilines is 1. The highest BCUT2D eigenvalue weighted by atomic mass is 19.4. The van der Waals surface area contributed by atoms with Gasteiger partial charge in [0.25, 0.3) is 0 Å². The second-order valence-electron chi connectivity index (χ2n) is 5.61. The lowest BCUT2D eigenvalue weighted by Crippen LogP contribution is -2.37. The number of urea groups is 1. The summed E-state index contributed by atoms with van der Waals surface area (Å²) < 4.78 is 56.0. The van der Waals surface area contributed by atoms with Gasteiger partial charge in [-0.05, 0) is 31.2 Å². The summed E-state index contributed by atoms with van der Waals surface area (Å²) in [6.45, 7) is 1.18. The van der Waals surface area contributed by atoms with Crippen molar-refractivity contribution in [2.75, 3.05) is 18.4 Å². The molecule has 148 valence electrons. The summed E-state index contributed by atoms with van der Waals surface area (Å²) in [5.41, 5.74) is 0.215. The first-order valence-corrected chi connectivity index (χ1v) is 8.18. The molecule has 0 saturated heterocycles. The van der Waals surface area contributed by atoms with Gasteiger partial charge in [-0.1, -0.05) is 0 Å². The molecular weight excluding hydrogens is 380 g/mol. The average molecular weight is 396 g/mol. The van der Waals surface area contributed by atoms with Gasteiger partial charge < -0.3 is 9.64 Å². The van der Waals surface area contributed by atoms with Crippen LogP contribution in [0.4, 0.5) is 28.2 Å². The number of ether oxygens (including phenoxy) is 1. The Morgan fingerprint density at radius 1 is 1.32 bits per heavy atom. The van der Waals surface area contributed by atoms with Crippen molar-refractivity contribution >= 4 is 11.8 Å². The van der Waals surface area contributed by atoms with Crippen LogP contribution in [-0.2, 0) is 0 Å². The first kappa shape index (κ1) is 21.0. The molecule has 1 aromatic heterocycles. The fraction of sp³-hybridized carbons (Fsp3) is 0.278. The Kier molecular flexibility index (Phi) is 6.76. The number of nitrogens with one attached hydrogen (secondary N) is 1. The summed E-state index contributed by atoms with van der Waals surface area (Å²) in [4.78, 5) is 17.0. The smallest absolute Gasteiger partial charge is 0.390 e. The van der Waals surface area contributed by atoms with Crippen LogP contribution >= 0.6 is 0 Å². The van der Waals surface area contributed by atoms with Crippen LogP contribution < -0.4 is 10.1 Å². The predicted octanol–water partition coefficient (Wildman–Crippen LogP) is 4.69. The van der Waals surface area contributed by atoms with E-state index in [0.717, 1.165) is 11.0 Å². The van der Waals surface area contributed by atoms with E-state index in [0.29, 0.717) is 0 Å². The number of halogens is 4. The Hall–Kier alpha value is -3.35. The molecule has 2 rings (SSSR count). The van der Waals surface area contributed by atoms with Crippen LogP contribution in [0.5, 0.6) is 11.5 Å². The Labute approximate surface area is 158 Å². The molecule has 6 nitrogen and oxygen atoms in total. The van der Waals surface area contributed by atoms with Gasteiger partial charge in [-0.2, -0.15) is 18.4 Å². The maximum Gasteiger partial charge on any atom is 0.390 e. The number of nitrogens with zero attached hydrogens (tertiary/aromatic N) is 3. The van der Waals surface area contributed by atoms with E-state index in [9.17, 15) is 22.4 Å². The fourth-order valence-electron chi connectivity index (χ4n) is 2.15. The summed E-state index contributed by atoms with van der Waals surface area (Å²) in [6.07, 6.45) is -4.26. The molecule has 0 aliphatic carbocycles. The zero-order valence-electron chi connectivity index (χ0n) is 14.8. The van der Waals surface area contributed by atoms with Gasteiger partial charge in [0.1, 0.15) is 11.6 Å². The van der Waals surface area contributed by atoms with Crippen molar-refractivity contribution in [2.24, 2.45) is 0 Å². The Balaban J connectivity index is 2.00. The summed E-state index contributed by atoms with van der Waals surface area (Å²) in [5.74, 6) is -0.591. The van der Waals surface area contributed by atoms with E-state index in [1.807, 2.05) is 6.07 Å². The molecule has 0 saturated carbocycles. The van der Waals surface area contributed by atoms with Gasteiger partial charge in [0.2, 0.25) is 0 Å². The lowest BCUT2D eigenvalue weighted by atomic mass is 10.2. The molecule has 1 N–H and O–H groups in total. The summed E-state index contributed by atoms with van der Waals surface area (Å²) in [7, 11) is 0. The van der Waals surface area contributed by atoms with E-state index in [4.69, 9.17) is 10.00 Å². The minimum Gasteiger partial charge on any atom is -0.453 e. The molecule has 0 radical (unpaired) electrons. The van der Waals surface area contributed by atoms with Crippen molar-refractivity contribution in [3.63, 3.8) is 0 Å². The molecule has 2 amide bonds. The molecule has 0 spiro atoms. The number of amides is 2. The van der Waals surface area contributed by atoms with E-state index in [2.05, 4.69) is 10.3 Å². The van der Waals surface area contributed by atoms with E-state index < -0.39 is 31.0 Å². The maximum absolute atomic E-state index is 13.7. The number of rotatable bonds is 6. The zero-order valence-corrected chi connectivity index (χ0v) is 14.8.